The van der Waals surface area contributed by atoms with Gasteiger partial charge in [-0.1, -0.05) is 29.3 Å². The van der Waals surface area contributed by atoms with Crippen LogP contribution >= 0.6 is 23.2 Å². The first-order valence-electron chi connectivity index (χ1n) is 5.52. The Morgan fingerprint density at radius 1 is 1.31 bits per heavy atom. The van der Waals surface area contributed by atoms with Gasteiger partial charge in [-0.25, -0.2) is 0 Å². The lowest BCUT2D eigenvalue weighted by Gasteiger charge is -2.16. The van der Waals surface area contributed by atoms with Crippen molar-refractivity contribution in [3.8, 4) is 0 Å². The molecule has 1 fully saturated rings. The first kappa shape index (κ1) is 12.2. The normalized spacial score (nSPS) is 24.9. The van der Waals surface area contributed by atoms with E-state index >= 15 is 0 Å². The summed E-state index contributed by atoms with van der Waals surface area (Å²) in [7, 11) is 0. The third-order valence-corrected chi connectivity index (χ3v) is 3.64. The third-order valence-electron chi connectivity index (χ3n) is 3.05. The van der Waals surface area contributed by atoms with Crippen molar-refractivity contribution in [3.63, 3.8) is 0 Å². The molecule has 0 spiro atoms. The van der Waals surface area contributed by atoms with Gasteiger partial charge >= 0.3 is 0 Å². The summed E-state index contributed by atoms with van der Waals surface area (Å²) in [5, 5.41) is 14.3. The van der Waals surface area contributed by atoms with E-state index in [0.29, 0.717) is 16.6 Å². The lowest BCUT2D eigenvalue weighted by molar-refractivity contribution is 0.148. The number of benzene rings is 1. The number of rotatable bonds is 3. The Labute approximate surface area is 106 Å². The molecule has 0 aromatic heterocycles. The highest BCUT2D eigenvalue weighted by molar-refractivity contribution is 6.35. The predicted molar refractivity (Wildman–Crippen MR) is 66.9 cm³/mol. The maximum absolute atomic E-state index is 9.66. The van der Waals surface area contributed by atoms with Gasteiger partial charge in [0.1, 0.15) is 0 Å². The molecule has 0 bridgehead atoms. The smallest absolute Gasteiger partial charge is 0.0693 e. The molecule has 0 heterocycles. The Morgan fingerprint density at radius 3 is 2.75 bits per heavy atom. The second-order valence-corrected chi connectivity index (χ2v) is 5.07. The molecule has 0 unspecified atom stereocenters. The number of hydrogen-bond donors (Lipinski definition) is 2. The highest BCUT2D eigenvalue weighted by Crippen LogP contribution is 2.23. The largest absolute Gasteiger partial charge is 0.392 e. The molecule has 16 heavy (non-hydrogen) atoms. The van der Waals surface area contributed by atoms with Crippen molar-refractivity contribution in [2.75, 3.05) is 0 Å². The van der Waals surface area contributed by atoms with Gasteiger partial charge in [-0.3, -0.25) is 0 Å². The van der Waals surface area contributed by atoms with Gasteiger partial charge in [-0.2, -0.15) is 0 Å². The van der Waals surface area contributed by atoms with E-state index in [9.17, 15) is 5.11 Å². The summed E-state index contributed by atoms with van der Waals surface area (Å²) in [6.07, 6.45) is 2.80. The van der Waals surface area contributed by atoms with Crippen LogP contribution in [0, 0.1) is 0 Å². The number of aliphatic hydroxyl groups excluding tert-OH is 1. The molecule has 0 saturated heterocycles. The second-order valence-electron chi connectivity index (χ2n) is 4.22. The number of halogens is 2. The molecule has 1 aromatic rings. The first-order chi connectivity index (χ1) is 7.66. The number of hydrogen-bond acceptors (Lipinski definition) is 2. The summed E-state index contributed by atoms with van der Waals surface area (Å²) in [6, 6.07) is 5.69. The van der Waals surface area contributed by atoms with Crippen LogP contribution in [0.2, 0.25) is 10.0 Å². The highest BCUT2D eigenvalue weighted by Gasteiger charge is 2.24. The number of aliphatic hydroxyl groups is 1. The van der Waals surface area contributed by atoms with Gasteiger partial charge < -0.3 is 10.4 Å². The first-order valence-corrected chi connectivity index (χ1v) is 6.28. The molecule has 2 atom stereocenters. The summed E-state index contributed by atoms with van der Waals surface area (Å²) in [5.41, 5.74) is 1.02. The fraction of sp³-hybridized carbons (Fsp3) is 0.500. The van der Waals surface area contributed by atoms with Crippen molar-refractivity contribution in [1.29, 1.82) is 0 Å². The molecular formula is C12H15Cl2NO. The van der Waals surface area contributed by atoms with Crippen molar-refractivity contribution < 1.29 is 5.11 Å². The summed E-state index contributed by atoms with van der Waals surface area (Å²) >= 11 is 11.9. The molecule has 0 radical (unpaired) electrons. The van der Waals surface area contributed by atoms with Crippen molar-refractivity contribution in [3.05, 3.63) is 33.8 Å². The van der Waals surface area contributed by atoms with Crippen LogP contribution in [0.25, 0.3) is 0 Å². The second kappa shape index (κ2) is 5.37. The zero-order valence-corrected chi connectivity index (χ0v) is 10.4. The van der Waals surface area contributed by atoms with Crippen molar-refractivity contribution in [2.24, 2.45) is 0 Å². The Hall–Kier alpha value is -0.280. The van der Waals surface area contributed by atoms with E-state index in [2.05, 4.69) is 5.32 Å². The van der Waals surface area contributed by atoms with Crippen molar-refractivity contribution >= 4 is 23.2 Å². The van der Waals surface area contributed by atoms with Gasteiger partial charge in [0.25, 0.3) is 0 Å². The molecule has 2 rings (SSSR count). The van der Waals surface area contributed by atoms with E-state index in [1.165, 1.54) is 0 Å². The quantitative estimate of drug-likeness (QED) is 0.875. The molecule has 1 aliphatic rings. The van der Waals surface area contributed by atoms with Crippen LogP contribution in [0.5, 0.6) is 0 Å². The molecular weight excluding hydrogens is 245 g/mol. The molecule has 1 aromatic carbocycles. The molecule has 2 nitrogen and oxygen atoms in total. The lowest BCUT2D eigenvalue weighted by Crippen LogP contribution is -2.35. The minimum atomic E-state index is -0.217. The Bertz CT molecular complexity index is 370. The summed E-state index contributed by atoms with van der Waals surface area (Å²) in [5.74, 6) is 0. The summed E-state index contributed by atoms with van der Waals surface area (Å²) in [6.45, 7) is 0.678. The molecule has 88 valence electrons. The van der Waals surface area contributed by atoms with E-state index < -0.39 is 0 Å². The highest BCUT2D eigenvalue weighted by atomic mass is 35.5. The van der Waals surface area contributed by atoms with Gasteiger partial charge in [-0.15, -0.1) is 0 Å². The van der Waals surface area contributed by atoms with Crippen LogP contribution in [-0.2, 0) is 6.54 Å². The van der Waals surface area contributed by atoms with E-state index in [1.54, 1.807) is 6.07 Å². The van der Waals surface area contributed by atoms with Gasteiger partial charge in [0.05, 0.1) is 6.10 Å². The maximum Gasteiger partial charge on any atom is 0.0693 e. The van der Waals surface area contributed by atoms with Gasteiger partial charge in [-0.05, 0) is 37.0 Å². The zero-order valence-electron chi connectivity index (χ0n) is 8.92. The standard InChI is InChI=1S/C12H15Cl2NO/c13-9-5-4-8(10(14)6-9)7-15-11-2-1-3-12(11)16/h4-6,11-12,15-16H,1-3,7H2/t11-,12-/m0/s1. The SMILES string of the molecule is O[C@H]1CCC[C@@H]1NCc1ccc(Cl)cc1Cl. The van der Waals surface area contributed by atoms with Crippen molar-refractivity contribution in [2.45, 2.75) is 38.0 Å². The van der Waals surface area contributed by atoms with Crippen LogP contribution in [0.15, 0.2) is 18.2 Å². The van der Waals surface area contributed by atoms with Crippen molar-refractivity contribution in [1.82, 2.24) is 5.32 Å². The maximum atomic E-state index is 9.66. The third kappa shape index (κ3) is 2.89. The zero-order chi connectivity index (χ0) is 11.5. The average Bonchev–Trinajstić information content (AvgIpc) is 2.63. The topological polar surface area (TPSA) is 32.3 Å². The average molecular weight is 260 g/mol. The van der Waals surface area contributed by atoms with Crippen LogP contribution in [0.1, 0.15) is 24.8 Å². The summed E-state index contributed by atoms with van der Waals surface area (Å²) in [4.78, 5) is 0. The van der Waals surface area contributed by atoms with E-state index in [1.807, 2.05) is 12.1 Å². The van der Waals surface area contributed by atoms with E-state index in [4.69, 9.17) is 23.2 Å². The van der Waals surface area contributed by atoms with Crippen LogP contribution in [0.3, 0.4) is 0 Å². The van der Waals surface area contributed by atoms with Gasteiger partial charge in [0.2, 0.25) is 0 Å². The van der Waals surface area contributed by atoms with E-state index in [0.717, 1.165) is 24.8 Å². The molecule has 2 N–H and O–H groups in total. The lowest BCUT2D eigenvalue weighted by atomic mass is 10.1. The Kier molecular flexibility index (Phi) is 4.09. The van der Waals surface area contributed by atoms with Crippen LogP contribution in [-0.4, -0.2) is 17.3 Å². The minimum absolute atomic E-state index is 0.201. The molecule has 0 amide bonds. The van der Waals surface area contributed by atoms with Gasteiger partial charge in [0, 0.05) is 22.6 Å². The Morgan fingerprint density at radius 2 is 2.12 bits per heavy atom. The monoisotopic (exact) mass is 259 g/mol. The molecule has 1 aliphatic carbocycles. The molecule has 1 saturated carbocycles. The fourth-order valence-corrected chi connectivity index (χ4v) is 2.56. The molecule has 0 aliphatic heterocycles. The fourth-order valence-electron chi connectivity index (χ4n) is 2.08. The summed E-state index contributed by atoms with van der Waals surface area (Å²) < 4.78 is 0. The van der Waals surface area contributed by atoms with Gasteiger partial charge in [0.15, 0.2) is 0 Å². The van der Waals surface area contributed by atoms with E-state index in [-0.39, 0.29) is 12.1 Å². The van der Waals surface area contributed by atoms with Crippen LogP contribution in [0.4, 0.5) is 0 Å². The minimum Gasteiger partial charge on any atom is -0.392 e. The van der Waals surface area contributed by atoms with Crippen LogP contribution < -0.4 is 5.32 Å². The Balaban J connectivity index is 1.94. The molecule has 4 heteroatoms. The predicted octanol–water partition coefficient (Wildman–Crippen LogP) is 3.00. The number of nitrogens with one attached hydrogen (secondary N) is 1.